The summed E-state index contributed by atoms with van der Waals surface area (Å²) in [6.07, 6.45) is -6.08. The highest BCUT2D eigenvalue weighted by molar-refractivity contribution is 5.81. The minimum atomic E-state index is -4.41. The van der Waals surface area contributed by atoms with Crippen molar-refractivity contribution in [3.8, 4) is 0 Å². The van der Waals surface area contributed by atoms with Crippen LogP contribution < -0.4 is 5.32 Å². The number of hydrogen-bond acceptors (Lipinski definition) is 3. The van der Waals surface area contributed by atoms with Gasteiger partial charge in [0.15, 0.2) is 0 Å². The van der Waals surface area contributed by atoms with Gasteiger partial charge in [-0.25, -0.2) is 4.79 Å². The van der Waals surface area contributed by atoms with Crippen LogP contribution in [-0.4, -0.2) is 29.7 Å². The minimum Gasteiger partial charge on any atom is -0.444 e. The van der Waals surface area contributed by atoms with Crippen LogP contribution in [0.4, 0.5) is 18.0 Å². The molecule has 1 rings (SSSR count). The number of hydrogen-bond donors (Lipinski definition) is 1. The highest BCUT2D eigenvalue weighted by Crippen LogP contribution is 2.36. The van der Waals surface area contributed by atoms with Crippen LogP contribution in [0.2, 0.25) is 0 Å². The Morgan fingerprint density at radius 2 is 1.84 bits per heavy atom. The van der Waals surface area contributed by atoms with Crippen molar-refractivity contribution in [3.05, 3.63) is 0 Å². The van der Waals surface area contributed by atoms with Gasteiger partial charge in [0, 0.05) is 18.9 Å². The summed E-state index contributed by atoms with van der Waals surface area (Å²) in [7, 11) is 0. The first-order valence-electron chi connectivity index (χ1n) is 6.05. The van der Waals surface area contributed by atoms with Crippen molar-refractivity contribution < 1.29 is 27.5 Å². The number of ketones is 1. The number of amides is 1. The van der Waals surface area contributed by atoms with Gasteiger partial charge < -0.3 is 10.1 Å². The molecule has 1 aliphatic carbocycles. The summed E-state index contributed by atoms with van der Waals surface area (Å²) in [5.74, 6) is -2.18. The number of alkyl carbamates (subject to hydrolysis) is 1. The van der Waals surface area contributed by atoms with Crippen molar-refractivity contribution in [2.75, 3.05) is 0 Å². The van der Waals surface area contributed by atoms with Crippen LogP contribution in [0.15, 0.2) is 0 Å². The molecular weight excluding hydrogens is 263 g/mol. The number of carbonyl (C=O) groups excluding carboxylic acids is 2. The summed E-state index contributed by atoms with van der Waals surface area (Å²) in [5.41, 5.74) is -0.730. The van der Waals surface area contributed by atoms with Crippen molar-refractivity contribution in [2.45, 2.75) is 57.9 Å². The van der Waals surface area contributed by atoms with E-state index >= 15 is 0 Å². The van der Waals surface area contributed by atoms with Crippen LogP contribution in [0.1, 0.15) is 40.0 Å². The summed E-state index contributed by atoms with van der Waals surface area (Å²) in [6, 6.07) is -0.817. The molecule has 0 aromatic rings. The number of alkyl halides is 3. The third-order valence-electron chi connectivity index (χ3n) is 2.70. The first kappa shape index (κ1) is 15.8. The van der Waals surface area contributed by atoms with E-state index in [2.05, 4.69) is 5.32 Å². The second-order valence-electron chi connectivity index (χ2n) is 5.76. The van der Waals surface area contributed by atoms with Gasteiger partial charge in [-0.05, 0) is 27.2 Å². The van der Waals surface area contributed by atoms with Crippen molar-refractivity contribution >= 4 is 11.9 Å². The Balaban J connectivity index is 2.59. The fraction of sp³-hybridized carbons (Fsp3) is 0.833. The molecule has 0 spiro atoms. The largest absolute Gasteiger partial charge is 0.444 e. The SMILES string of the molecule is CC(C)(C)OC(=O)N[C@H]1CC(=O)C[C@H](C(F)(F)F)C1. The summed E-state index contributed by atoms with van der Waals surface area (Å²) in [6.45, 7) is 4.95. The third kappa shape index (κ3) is 5.48. The number of halogens is 3. The lowest BCUT2D eigenvalue weighted by atomic mass is 9.84. The van der Waals surface area contributed by atoms with E-state index in [-0.39, 0.29) is 12.8 Å². The summed E-state index contributed by atoms with van der Waals surface area (Å²) in [4.78, 5) is 22.8. The highest BCUT2D eigenvalue weighted by Gasteiger charge is 2.45. The third-order valence-corrected chi connectivity index (χ3v) is 2.70. The van der Waals surface area contributed by atoms with Crippen molar-refractivity contribution in [1.82, 2.24) is 5.32 Å². The van der Waals surface area contributed by atoms with E-state index in [0.29, 0.717) is 0 Å². The molecule has 0 heterocycles. The molecule has 4 nitrogen and oxygen atoms in total. The minimum absolute atomic E-state index is 0.0776. The molecule has 0 radical (unpaired) electrons. The Kier molecular flexibility index (Phi) is 4.47. The number of Topliss-reactive ketones (excluding diaryl/α,β-unsaturated/α-hetero) is 1. The predicted molar refractivity (Wildman–Crippen MR) is 61.6 cm³/mol. The zero-order chi connectivity index (χ0) is 14.8. The van der Waals surface area contributed by atoms with E-state index in [1.165, 1.54) is 0 Å². The van der Waals surface area contributed by atoms with Gasteiger partial charge in [-0.2, -0.15) is 13.2 Å². The molecule has 19 heavy (non-hydrogen) atoms. The van der Waals surface area contributed by atoms with E-state index < -0.39 is 42.0 Å². The van der Waals surface area contributed by atoms with E-state index in [9.17, 15) is 22.8 Å². The summed E-state index contributed by atoms with van der Waals surface area (Å²) in [5, 5.41) is 2.33. The van der Waals surface area contributed by atoms with Gasteiger partial charge in [0.1, 0.15) is 11.4 Å². The van der Waals surface area contributed by atoms with E-state index in [0.717, 1.165) is 0 Å². The van der Waals surface area contributed by atoms with Crippen LogP contribution in [0, 0.1) is 5.92 Å². The van der Waals surface area contributed by atoms with Gasteiger partial charge in [-0.15, -0.1) is 0 Å². The zero-order valence-corrected chi connectivity index (χ0v) is 11.1. The van der Waals surface area contributed by atoms with Crippen LogP contribution in [0.5, 0.6) is 0 Å². The van der Waals surface area contributed by atoms with Crippen LogP contribution in [0.3, 0.4) is 0 Å². The summed E-state index contributed by atoms with van der Waals surface area (Å²) < 4.78 is 42.8. The lowest BCUT2D eigenvalue weighted by molar-refractivity contribution is -0.185. The molecule has 0 unspecified atom stereocenters. The van der Waals surface area contributed by atoms with Crippen LogP contribution in [0.25, 0.3) is 0 Å². The Bertz CT molecular complexity index is 360. The van der Waals surface area contributed by atoms with Gasteiger partial charge in [-0.1, -0.05) is 0 Å². The monoisotopic (exact) mass is 281 g/mol. The van der Waals surface area contributed by atoms with Crippen molar-refractivity contribution in [1.29, 1.82) is 0 Å². The maximum atomic E-state index is 12.6. The standard InChI is InChI=1S/C12H18F3NO3/c1-11(2,3)19-10(18)16-8-4-7(12(13,14)15)5-9(17)6-8/h7-8H,4-6H2,1-3H3,(H,16,18)/t7-,8-/m1/s1. The highest BCUT2D eigenvalue weighted by atomic mass is 19.4. The first-order valence-corrected chi connectivity index (χ1v) is 6.05. The Hall–Kier alpha value is -1.27. The molecule has 110 valence electrons. The van der Waals surface area contributed by atoms with Crippen LogP contribution in [-0.2, 0) is 9.53 Å². The smallest absolute Gasteiger partial charge is 0.407 e. The Morgan fingerprint density at radius 1 is 1.26 bits per heavy atom. The van der Waals surface area contributed by atoms with Gasteiger partial charge in [0.25, 0.3) is 0 Å². The van der Waals surface area contributed by atoms with E-state index in [4.69, 9.17) is 4.74 Å². The Morgan fingerprint density at radius 3 is 2.32 bits per heavy atom. The second-order valence-corrected chi connectivity index (χ2v) is 5.76. The topological polar surface area (TPSA) is 55.4 Å². The number of ether oxygens (including phenoxy) is 1. The molecule has 0 aromatic carbocycles. The average Bonchev–Trinajstić information content (AvgIpc) is 2.11. The molecule has 1 amide bonds. The molecule has 0 aliphatic heterocycles. The van der Waals surface area contributed by atoms with E-state index in [1.807, 2.05) is 0 Å². The molecule has 0 bridgehead atoms. The predicted octanol–water partition coefficient (Wildman–Crippen LogP) is 2.81. The van der Waals surface area contributed by atoms with Crippen molar-refractivity contribution in [2.24, 2.45) is 5.92 Å². The Labute approximate surface area is 109 Å². The van der Waals surface area contributed by atoms with Gasteiger partial charge >= 0.3 is 12.3 Å². The van der Waals surface area contributed by atoms with Crippen LogP contribution >= 0.6 is 0 Å². The van der Waals surface area contributed by atoms with Gasteiger partial charge in [0.2, 0.25) is 0 Å². The van der Waals surface area contributed by atoms with Gasteiger partial charge in [0.05, 0.1) is 5.92 Å². The fourth-order valence-corrected chi connectivity index (χ4v) is 1.98. The number of rotatable bonds is 1. The van der Waals surface area contributed by atoms with Crippen molar-refractivity contribution in [3.63, 3.8) is 0 Å². The normalized spacial score (nSPS) is 25.1. The summed E-state index contributed by atoms with van der Waals surface area (Å²) >= 11 is 0. The molecule has 1 saturated carbocycles. The molecule has 1 N–H and O–H groups in total. The number of carbonyl (C=O) groups is 2. The molecule has 0 saturated heterocycles. The molecule has 2 atom stereocenters. The first-order chi connectivity index (χ1) is 8.47. The molecule has 7 heteroatoms. The lowest BCUT2D eigenvalue weighted by Gasteiger charge is -2.30. The molecular formula is C12H18F3NO3. The molecule has 0 aromatic heterocycles. The maximum Gasteiger partial charge on any atom is 0.407 e. The maximum absolute atomic E-state index is 12.6. The second kappa shape index (κ2) is 5.38. The average molecular weight is 281 g/mol. The zero-order valence-electron chi connectivity index (χ0n) is 11.1. The quantitative estimate of drug-likeness (QED) is 0.804. The molecule has 1 fully saturated rings. The molecule has 1 aliphatic rings. The number of nitrogens with one attached hydrogen (secondary N) is 1. The van der Waals surface area contributed by atoms with E-state index in [1.54, 1.807) is 20.8 Å². The fourth-order valence-electron chi connectivity index (χ4n) is 1.98. The van der Waals surface area contributed by atoms with Gasteiger partial charge in [-0.3, -0.25) is 4.79 Å². The lowest BCUT2D eigenvalue weighted by Crippen LogP contribution is -2.45.